The summed E-state index contributed by atoms with van der Waals surface area (Å²) in [5.41, 5.74) is 4.89. The number of aromatic nitrogens is 1. The molecule has 1 aromatic heterocycles. The van der Waals surface area contributed by atoms with Crippen molar-refractivity contribution in [3.8, 4) is 5.75 Å². The zero-order valence-electron chi connectivity index (χ0n) is 13.8. The quantitative estimate of drug-likeness (QED) is 0.697. The Labute approximate surface area is 136 Å². The van der Waals surface area contributed by atoms with Crippen molar-refractivity contribution in [2.45, 2.75) is 26.2 Å². The van der Waals surface area contributed by atoms with Gasteiger partial charge in [0.15, 0.2) is 0 Å². The number of nitrogens with one attached hydrogen (secondary N) is 1. The zero-order valence-corrected chi connectivity index (χ0v) is 13.8. The maximum atomic E-state index is 11.9. The number of methoxy groups -OCH3 is 1. The highest BCUT2D eigenvalue weighted by Crippen LogP contribution is 2.31. The molecule has 1 N–H and O–H groups in total. The maximum absolute atomic E-state index is 11.9. The van der Waals surface area contributed by atoms with Crippen LogP contribution in [0.1, 0.15) is 42.3 Å². The smallest absolute Gasteiger partial charge is 0.272 e. The van der Waals surface area contributed by atoms with E-state index in [2.05, 4.69) is 36.3 Å². The Bertz CT molecular complexity index is 704. The van der Waals surface area contributed by atoms with E-state index < -0.39 is 0 Å². The summed E-state index contributed by atoms with van der Waals surface area (Å²) in [7, 11) is 1.66. The molecule has 0 saturated heterocycles. The topological polar surface area (TPSA) is 63.6 Å². The number of hydrogen-bond acceptors (Lipinski definition) is 4. The molecular weight excluding hydrogens is 290 g/mol. The Kier molecular flexibility index (Phi) is 5.11. The molecule has 5 nitrogen and oxygen atoms in total. The minimum absolute atomic E-state index is 0.0475. The Morgan fingerprint density at radius 3 is 2.70 bits per heavy atom. The second kappa shape index (κ2) is 7.05. The van der Waals surface area contributed by atoms with Gasteiger partial charge in [-0.15, -0.1) is 0 Å². The third-order valence-corrected chi connectivity index (χ3v) is 3.33. The van der Waals surface area contributed by atoms with E-state index in [4.69, 9.17) is 4.74 Å². The fourth-order valence-corrected chi connectivity index (χ4v) is 2.12. The molecular formula is C18H21N3O2. The lowest BCUT2D eigenvalue weighted by molar-refractivity contribution is 0.0955. The first-order valence-corrected chi connectivity index (χ1v) is 7.34. The summed E-state index contributed by atoms with van der Waals surface area (Å²) < 4.78 is 5.41. The third kappa shape index (κ3) is 4.39. The van der Waals surface area contributed by atoms with Gasteiger partial charge in [0.05, 0.1) is 18.9 Å². The van der Waals surface area contributed by atoms with Gasteiger partial charge in [-0.2, -0.15) is 5.10 Å². The fourth-order valence-electron chi connectivity index (χ4n) is 2.12. The minimum Gasteiger partial charge on any atom is -0.496 e. The molecule has 5 heteroatoms. The molecule has 0 spiro atoms. The molecule has 0 fully saturated rings. The molecule has 0 atom stereocenters. The van der Waals surface area contributed by atoms with Gasteiger partial charge in [0.1, 0.15) is 5.75 Å². The molecule has 23 heavy (non-hydrogen) atoms. The van der Waals surface area contributed by atoms with Gasteiger partial charge < -0.3 is 4.74 Å². The first-order valence-electron chi connectivity index (χ1n) is 7.34. The van der Waals surface area contributed by atoms with Gasteiger partial charge in [-0.1, -0.05) is 20.8 Å². The lowest BCUT2D eigenvalue weighted by atomic mass is 9.85. The second-order valence-electron chi connectivity index (χ2n) is 6.15. The predicted molar refractivity (Wildman–Crippen MR) is 91.0 cm³/mol. The van der Waals surface area contributed by atoms with E-state index in [1.165, 1.54) is 6.20 Å². The number of hydrogen-bond donors (Lipinski definition) is 1. The number of carbonyl (C=O) groups excluding carboxylic acids is 1. The summed E-state index contributed by atoms with van der Waals surface area (Å²) in [6, 6.07) is 9.21. The van der Waals surface area contributed by atoms with Crippen molar-refractivity contribution in [1.29, 1.82) is 0 Å². The van der Waals surface area contributed by atoms with E-state index in [0.717, 1.165) is 16.9 Å². The molecule has 1 amide bonds. The monoisotopic (exact) mass is 311 g/mol. The minimum atomic E-state index is -0.293. The number of hydrazone groups is 1. The lowest BCUT2D eigenvalue weighted by Crippen LogP contribution is -2.17. The molecule has 1 aromatic carbocycles. The van der Waals surface area contributed by atoms with Gasteiger partial charge in [0.2, 0.25) is 0 Å². The Balaban J connectivity index is 2.13. The summed E-state index contributed by atoms with van der Waals surface area (Å²) in [6.45, 7) is 6.36. The average molecular weight is 311 g/mol. The van der Waals surface area contributed by atoms with Crippen molar-refractivity contribution >= 4 is 12.1 Å². The Morgan fingerprint density at radius 2 is 2.09 bits per heavy atom. The van der Waals surface area contributed by atoms with Crippen LogP contribution in [0.5, 0.6) is 5.75 Å². The van der Waals surface area contributed by atoms with E-state index in [9.17, 15) is 4.79 Å². The van der Waals surface area contributed by atoms with Crippen molar-refractivity contribution < 1.29 is 9.53 Å². The average Bonchev–Trinajstić information content (AvgIpc) is 2.54. The van der Waals surface area contributed by atoms with Crippen molar-refractivity contribution in [2.24, 2.45) is 5.10 Å². The maximum Gasteiger partial charge on any atom is 0.272 e. The largest absolute Gasteiger partial charge is 0.496 e. The van der Waals surface area contributed by atoms with Crippen LogP contribution in [0.15, 0.2) is 47.8 Å². The van der Waals surface area contributed by atoms with Crippen LogP contribution >= 0.6 is 0 Å². The van der Waals surface area contributed by atoms with E-state index in [-0.39, 0.29) is 11.3 Å². The molecule has 0 saturated carbocycles. The zero-order chi connectivity index (χ0) is 16.9. The summed E-state index contributed by atoms with van der Waals surface area (Å²) >= 11 is 0. The van der Waals surface area contributed by atoms with Crippen molar-refractivity contribution in [2.75, 3.05) is 7.11 Å². The molecule has 0 aliphatic carbocycles. The van der Waals surface area contributed by atoms with E-state index in [1.807, 2.05) is 18.2 Å². The highest BCUT2D eigenvalue weighted by atomic mass is 16.5. The number of benzene rings is 1. The number of carbonyl (C=O) groups is 1. The molecule has 0 bridgehead atoms. The molecule has 2 aromatic rings. The highest BCUT2D eigenvalue weighted by Gasteiger charge is 2.18. The van der Waals surface area contributed by atoms with Crippen molar-refractivity contribution in [3.63, 3.8) is 0 Å². The van der Waals surface area contributed by atoms with Crippen LogP contribution in [-0.4, -0.2) is 24.2 Å². The van der Waals surface area contributed by atoms with Crippen LogP contribution in [0.3, 0.4) is 0 Å². The van der Waals surface area contributed by atoms with Crippen LogP contribution in [0.4, 0.5) is 0 Å². The number of ether oxygens (including phenoxy) is 1. The summed E-state index contributed by atoms with van der Waals surface area (Å²) in [4.78, 5) is 15.8. The number of rotatable bonds is 4. The first kappa shape index (κ1) is 16.7. The van der Waals surface area contributed by atoms with Crippen LogP contribution in [0.2, 0.25) is 0 Å². The van der Waals surface area contributed by atoms with Crippen LogP contribution in [0, 0.1) is 0 Å². The molecule has 1 heterocycles. The van der Waals surface area contributed by atoms with E-state index in [1.54, 1.807) is 31.7 Å². The van der Waals surface area contributed by atoms with Gasteiger partial charge in [0, 0.05) is 18.0 Å². The molecule has 0 unspecified atom stereocenters. The molecule has 2 rings (SSSR count). The highest BCUT2D eigenvalue weighted by molar-refractivity contribution is 5.94. The van der Waals surface area contributed by atoms with Gasteiger partial charge in [-0.05, 0) is 41.3 Å². The number of nitrogens with zero attached hydrogens (tertiary/aromatic N) is 2. The second-order valence-corrected chi connectivity index (χ2v) is 6.15. The fraction of sp³-hybridized carbons (Fsp3) is 0.278. The SMILES string of the molecule is COc1ccc(/C=N\NC(=O)c2cccnc2)cc1C(C)(C)C. The molecule has 120 valence electrons. The number of amides is 1. The standard InChI is InChI=1S/C18H21N3O2/c1-18(2,3)15-10-13(7-8-16(15)23-4)11-20-21-17(22)14-6-5-9-19-12-14/h5-12H,1-4H3,(H,21,22)/b20-11-. The first-order chi connectivity index (χ1) is 10.9. The van der Waals surface area contributed by atoms with E-state index >= 15 is 0 Å². The Hall–Kier alpha value is -2.69. The van der Waals surface area contributed by atoms with Crippen molar-refractivity contribution in [3.05, 3.63) is 59.4 Å². The van der Waals surface area contributed by atoms with Gasteiger partial charge in [0.25, 0.3) is 5.91 Å². The predicted octanol–water partition coefficient (Wildman–Crippen LogP) is 3.15. The third-order valence-electron chi connectivity index (χ3n) is 3.33. The molecule has 0 radical (unpaired) electrons. The van der Waals surface area contributed by atoms with Crippen LogP contribution < -0.4 is 10.2 Å². The summed E-state index contributed by atoms with van der Waals surface area (Å²) in [5.74, 6) is 0.549. The van der Waals surface area contributed by atoms with Crippen LogP contribution in [0.25, 0.3) is 0 Å². The van der Waals surface area contributed by atoms with Crippen LogP contribution in [-0.2, 0) is 5.41 Å². The van der Waals surface area contributed by atoms with Gasteiger partial charge in [-0.3, -0.25) is 9.78 Å². The molecule has 0 aliphatic heterocycles. The Morgan fingerprint density at radius 1 is 1.30 bits per heavy atom. The molecule has 0 aliphatic rings. The summed E-state index contributed by atoms with van der Waals surface area (Å²) in [5, 5.41) is 4.00. The van der Waals surface area contributed by atoms with Crippen molar-refractivity contribution in [1.82, 2.24) is 10.4 Å². The van der Waals surface area contributed by atoms with E-state index in [0.29, 0.717) is 5.56 Å². The van der Waals surface area contributed by atoms with Gasteiger partial charge >= 0.3 is 0 Å². The van der Waals surface area contributed by atoms with Gasteiger partial charge in [-0.25, -0.2) is 5.43 Å². The normalized spacial score (nSPS) is 11.5. The lowest BCUT2D eigenvalue weighted by Gasteiger charge is -2.22. The summed E-state index contributed by atoms with van der Waals surface area (Å²) in [6.07, 6.45) is 4.73. The number of pyridine rings is 1.